The van der Waals surface area contributed by atoms with Crippen LogP contribution in [-0.4, -0.2) is 21.5 Å². The molecule has 0 aliphatic carbocycles. The van der Waals surface area contributed by atoms with Gasteiger partial charge in [-0.05, 0) is 32.4 Å². The summed E-state index contributed by atoms with van der Waals surface area (Å²) in [5.74, 6) is 0. The molecule has 0 fully saturated rings. The number of hydrogen-bond donors (Lipinski definition) is 2. The van der Waals surface area contributed by atoms with Gasteiger partial charge < -0.3 is 5.32 Å². The quantitative estimate of drug-likeness (QED) is 0.722. The standard InChI is InChI=1S/C12H22N2O2S2/c1-4-6-13-9-11-8-12(10(3)17-11)18(15,16)14-7-5-2/h8,13-14H,4-7,9H2,1-3H3. The Balaban J connectivity index is 2.77. The molecule has 0 unspecified atom stereocenters. The van der Waals surface area contributed by atoms with Crippen LogP contribution in [0.5, 0.6) is 0 Å². The summed E-state index contributed by atoms with van der Waals surface area (Å²) in [4.78, 5) is 2.35. The van der Waals surface area contributed by atoms with Crippen LogP contribution in [0.25, 0.3) is 0 Å². The Labute approximate surface area is 114 Å². The Morgan fingerprint density at radius 2 is 1.89 bits per heavy atom. The monoisotopic (exact) mass is 290 g/mol. The van der Waals surface area contributed by atoms with Crippen LogP contribution in [-0.2, 0) is 16.6 Å². The molecular formula is C12H22N2O2S2. The van der Waals surface area contributed by atoms with Crippen molar-refractivity contribution in [1.82, 2.24) is 10.0 Å². The van der Waals surface area contributed by atoms with Gasteiger partial charge in [-0.2, -0.15) is 0 Å². The first-order chi connectivity index (χ1) is 8.51. The Morgan fingerprint density at radius 1 is 1.22 bits per heavy atom. The normalized spacial score (nSPS) is 11.9. The van der Waals surface area contributed by atoms with Gasteiger partial charge in [-0.15, -0.1) is 11.3 Å². The van der Waals surface area contributed by atoms with E-state index < -0.39 is 10.0 Å². The average Bonchev–Trinajstić information content (AvgIpc) is 2.69. The van der Waals surface area contributed by atoms with Crippen LogP contribution in [0.15, 0.2) is 11.0 Å². The summed E-state index contributed by atoms with van der Waals surface area (Å²) in [5.41, 5.74) is 0. The zero-order valence-corrected chi connectivity index (χ0v) is 12.9. The van der Waals surface area contributed by atoms with Crippen LogP contribution in [0.3, 0.4) is 0 Å². The Hall–Kier alpha value is -0.430. The van der Waals surface area contributed by atoms with E-state index in [9.17, 15) is 8.42 Å². The molecule has 0 aliphatic rings. The summed E-state index contributed by atoms with van der Waals surface area (Å²) >= 11 is 1.54. The molecule has 0 radical (unpaired) electrons. The third kappa shape index (κ3) is 4.35. The minimum absolute atomic E-state index is 0.425. The van der Waals surface area contributed by atoms with Crippen molar-refractivity contribution in [2.24, 2.45) is 0 Å². The van der Waals surface area contributed by atoms with Crippen molar-refractivity contribution >= 4 is 21.4 Å². The molecule has 1 rings (SSSR count). The molecule has 2 N–H and O–H groups in total. The summed E-state index contributed by atoms with van der Waals surface area (Å²) in [5, 5.41) is 3.28. The maximum absolute atomic E-state index is 12.0. The fourth-order valence-corrected chi connectivity index (χ4v) is 4.32. The van der Waals surface area contributed by atoms with Crippen molar-refractivity contribution < 1.29 is 8.42 Å². The predicted molar refractivity (Wildman–Crippen MR) is 76.5 cm³/mol. The topological polar surface area (TPSA) is 58.2 Å². The van der Waals surface area contributed by atoms with Crippen LogP contribution >= 0.6 is 11.3 Å². The second-order valence-corrected chi connectivity index (χ2v) is 7.28. The highest BCUT2D eigenvalue weighted by Gasteiger charge is 2.18. The zero-order chi connectivity index (χ0) is 13.6. The number of thiophene rings is 1. The van der Waals surface area contributed by atoms with Gasteiger partial charge in [-0.3, -0.25) is 0 Å². The van der Waals surface area contributed by atoms with Crippen molar-refractivity contribution in [2.75, 3.05) is 13.1 Å². The van der Waals surface area contributed by atoms with Crippen LogP contribution in [0.2, 0.25) is 0 Å². The van der Waals surface area contributed by atoms with Gasteiger partial charge in [0.1, 0.15) is 0 Å². The highest BCUT2D eigenvalue weighted by atomic mass is 32.2. The van der Waals surface area contributed by atoms with Crippen molar-refractivity contribution in [2.45, 2.75) is 45.1 Å². The lowest BCUT2D eigenvalue weighted by molar-refractivity contribution is 0.580. The van der Waals surface area contributed by atoms with Crippen molar-refractivity contribution in [3.63, 3.8) is 0 Å². The van der Waals surface area contributed by atoms with E-state index in [4.69, 9.17) is 0 Å². The summed E-state index contributed by atoms with van der Waals surface area (Å²) < 4.78 is 26.7. The minimum Gasteiger partial charge on any atom is -0.312 e. The van der Waals surface area contributed by atoms with Gasteiger partial charge in [0, 0.05) is 22.8 Å². The molecule has 0 amide bonds. The molecule has 1 heterocycles. The maximum atomic E-state index is 12.0. The van der Waals surface area contributed by atoms with Crippen molar-refractivity contribution in [3.05, 3.63) is 15.8 Å². The van der Waals surface area contributed by atoms with Crippen LogP contribution < -0.4 is 10.0 Å². The molecule has 1 aromatic heterocycles. The third-order valence-electron chi connectivity index (χ3n) is 2.48. The third-order valence-corrected chi connectivity index (χ3v) is 5.25. The summed E-state index contributed by atoms with van der Waals surface area (Å²) in [6.07, 6.45) is 1.88. The van der Waals surface area contributed by atoms with Crippen molar-refractivity contribution in [3.8, 4) is 0 Å². The number of rotatable bonds is 8. The van der Waals surface area contributed by atoms with Crippen LogP contribution in [0.1, 0.15) is 36.4 Å². The van der Waals surface area contributed by atoms with Gasteiger partial charge in [-0.1, -0.05) is 13.8 Å². The summed E-state index contributed by atoms with van der Waals surface area (Å²) in [6.45, 7) is 8.09. The molecule has 0 saturated carbocycles. The van der Waals surface area contributed by atoms with E-state index in [0.717, 1.165) is 35.7 Å². The molecule has 1 aromatic rings. The smallest absolute Gasteiger partial charge is 0.241 e. The van der Waals surface area contributed by atoms with Gasteiger partial charge in [-0.25, -0.2) is 13.1 Å². The summed E-state index contributed by atoms with van der Waals surface area (Å²) in [6, 6.07) is 1.78. The van der Waals surface area contributed by atoms with E-state index in [1.165, 1.54) is 0 Å². The molecule has 0 aromatic carbocycles. The molecule has 4 nitrogen and oxygen atoms in total. The fourth-order valence-electron chi connectivity index (χ4n) is 1.58. The second kappa shape index (κ2) is 7.23. The first kappa shape index (κ1) is 15.6. The van der Waals surface area contributed by atoms with Crippen LogP contribution in [0, 0.1) is 6.92 Å². The molecule has 0 bridgehead atoms. The van der Waals surface area contributed by atoms with Gasteiger partial charge in [0.2, 0.25) is 10.0 Å². The van der Waals surface area contributed by atoms with E-state index in [2.05, 4.69) is 17.0 Å². The van der Waals surface area contributed by atoms with E-state index in [-0.39, 0.29) is 0 Å². The number of nitrogens with one attached hydrogen (secondary N) is 2. The first-order valence-corrected chi connectivity index (χ1v) is 8.61. The molecular weight excluding hydrogens is 268 g/mol. The fraction of sp³-hybridized carbons (Fsp3) is 0.667. The lowest BCUT2D eigenvalue weighted by Gasteiger charge is -2.03. The molecule has 18 heavy (non-hydrogen) atoms. The number of sulfonamides is 1. The SMILES string of the molecule is CCCNCc1cc(S(=O)(=O)NCCC)c(C)s1. The molecule has 0 aliphatic heterocycles. The highest BCUT2D eigenvalue weighted by Crippen LogP contribution is 2.25. The van der Waals surface area contributed by atoms with Crippen molar-refractivity contribution in [1.29, 1.82) is 0 Å². The molecule has 6 heteroatoms. The van der Waals surface area contributed by atoms with Crippen LogP contribution in [0.4, 0.5) is 0 Å². The van der Waals surface area contributed by atoms with Gasteiger partial charge in [0.25, 0.3) is 0 Å². The maximum Gasteiger partial charge on any atom is 0.241 e. The summed E-state index contributed by atoms with van der Waals surface area (Å²) in [7, 11) is -3.33. The largest absolute Gasteiger partial charge is 0.312 e. The van der Waals surface area contributed by atoms with E-state index in [1.807, 2.05) is 13.8 Å². The molecule has 0 atom stereocenters. The Morgan fingerprint density at radius 3 is 2.50 bits per heavy atom. The van der Waals surface area contributed by atoms with Gasteiger partial charge >= 0.3 is 0 Å². The van der Waals surface area contributed by atoms with Gasteiger partial charge in [0.05, 0.1) is 4.90 Å². The second-order valence-electron chi connectivity index (χ2n) is 4.21. The Bertz CT molecular complexity index is 466. The lowest BCUT2D eigenvalue weighted by Crippen LogP contribution is -2.24. The highest BCUT2D eigenvalue weighted by molar-refractivity contribution is 7.89. The predicted octanol–water partition coefficient (Wildman–Crippen LogP) is 2.24. The minimum atomic E-state index is -3.33. The average molecular weight is 290 g/mol. The molecule has 0 saturated heterocycles. The number of hydrogen-bond acceptors (Lipinski definition) is 4. The molecule has 104 valence electrons. The number of aryl methyl sites for hydroxylation is 1. The first-order valence-electron chi connectivity index (χ1n) is 6.31. The lowest BCUT2D eigenvalue weighted by atomic mass is 10.4. The van der Waals surface area contributed by atoms with E-state index >= 15 is 0 Å². The van der Waals surface area contributed by atoms with Gasteiger partial charge in [0.15, 0.2) is 0 Å². The van der Waals surface area contributed by atoms with E-state index in [1.54, 1.807) is 17.4 Å². The Kier molecular flexibility index (Phi) is 6.28. The zero-order valence-electron chi connectivity index (χ0n) is 11.2. The molecule has 0 spiro atoms. The van der Waals surface area contributed by atoms with E-state index in [0.29, 0.717) is 11.4 Å².